The summed E-state index contributed by atoms with van der Waals surface area (Å²) in [5, 5.41) is 13.2. The molecule has 2 rings (SSSR count). The third kappa shape index (κ3) is 2.63. The third-order valence-corrected chi connectivity index (χ3v) is 4.24. The van der Waals surface area contributed by atoms with E-state index in [1.165, 1.54) is 11.5 Å². The van der Waals surface area contributed by atoms with Crippen LogP contribution in [0.1, 0.15) is 51.3 Å². The van der Waals surface area contributed by atoms with Gasteiger partial charge in [0.1, 0.15) is 5.82 Å². The Bertz CT molecular complexity index is 425. The predicted octanol–water partition coefficient (Wildman–Crippen LogP) is 2.72. The number of aromatic nitrogens is 2. The van der Waals surface area contributed by atoms with Crippen LogP contribution in [0.3, 0.4) is 0 Å². The molecule has 0 atom stereocenters. The summed E-state index contributed by atoms with van der Waals surface area (Å²) < 4.78 is 4.25. The molecular weight excluding hydrogens is 250 g/mol. The first-order valence-electron chi connectivity index (χ1n) is 6.34. The number of aliphatic carboxylic acids is 1. The van der Waals surface area contributed by atoms with E-state index in [4.69, 9.17) is 0 Å². The molecule has 1 fully saturated rings. The fraction of sp³-hybridized carbons (Fsp3) is 0.750. The SMILES string of the molecule is CC(C)c1nsc(NCC2(C(=O)O)CCCC2)n1. The fourth-order valence-electron chi connectivity index (χ4n) is 2.30. The normalized spacial score (nSPS) is 18.2. The Hall–Kier alpha value is -1.17. The Morgan fingerprint density at radius 3 is 2.67 bits per heavy atom. The van der Waals surface area contributed by atoms with Gasteiger partial charge in [0.25, 0.3) is 0 Å². The molecule has 18 heavy (non-hydrogen) atoms. The summed E-state index contributed by atoms with van der Waals surface area (Å²) in [6.07, 6.45) is 3.51. The lowest BCUT2D eigenvalue weighted by Crippen LogP contribution is -2.35. The predicted molar refractivity (Wildman–Crippen MR) is 71.0 cm³/mol. The van der Waals surface area contributed by atoms with Crippen molar-refractivity contribution < 1.29 is 9.90 Å². The van der Waals surface area contributed by atoms with Gasteiger partial charge in [-0.05, 0) is 12.8 Å². The standard InChI is InChI=1S/C12H19N3O2S/c1-8(2)9-14-11(18-15-9)13-7-12(10(16)17)5-3-4-6-12/h8H,3-7H2,1-2H3,(H,16,17)(H,13,14,15). The van der Waals surface area contributed by atoms with Crippen molar-refractivity contribution in [2.45, 2.75) is 45.4 Å². The number of nitrogens with one attached hydrogen (secondary N) is 1. The Kier molecular flexibility index (Phi) is 3.85. The van der Waals surface area contributed by atoms with Crippen LogP contribution < -0.4 is 5.32 Å². The minimum absolute atomic E-state index is 0.303. The van der Waals surface area contributed by atoms with Crippen LogP contribution in [0.15, 0.2) is 0 Å². The lowest BCUT2D eigenvalue weighted by Gasteiger charge is -2.23. The third-order valence-electron chi connectivity index (χ3n) is 3.55. The molecule has 0 saturated heterocycles. The van der Waals surface area contributed by atoms with E-state index in [-0.39, 0.29) is 0 Å². The van der Waals surface area contributed by atoms with E-state index < -0.39 is 11.4 Å². The number of hydrogen-bond acceptors (Lipinski definition) is 5. The maximum Gasteiger partial charge on any atom is 0.311 e. The molecular formula is C12H19N3O2S. The van der Waals surface area contributed by atoms with Gasteiger partial charge in [-0.2, -0.15) is 4.37 Å². The van der Waals surface area contributed by atoms with Gasteiger partial charge < -0.3 is 10.4 Å². The van der Waals surface area contributed by atoms with Crippen LogP contribution in [-0.4, -0.2) is 27.0 Å². The summed E-state index contributed by atoms with van der Waals surface area (Å²) >= 11 is 1.31. The topological polar surface area (TPSA) is 75.1 Å². The monoisotopic (exact) mass is 269 g/mol. The van der Waals surface area contributed by atoms with Gasteiger partial charge in [0.05, 0.1) is 5.41 Å². The lowest BCUT2D eigenvalue weighted by molar-refractivity contribution is -0.147. The quantitative estimate of drug-likeness (QED) is 0.859. The molecule has 1 aliphatic carbocycles. The maximum atomic E-state index is 11.4. The molecule has 1 aromatic heterocycles. The van der Waals surface area contributed by atoms with Crippen LogP contribution in [-0.2, 0) is 4.79 Å². The van der Waals surface area contributed by atoms with Gasteiger partial charge in [-0.1, -0.05) is 26.7 Å². The minimum atomic E-state index is -0.693. The van der Waals surface area contributed by atoms with Crippen molar-refractivity contribution in [1.29, 1.82) is 0 Å². The molecule has 0 unspecified atom stereocenters. The van der Waals surface area contributed by atoms with Gasteiger partial charge in [-0.25, -0.2) is 4.98 Å². The molecule has 1 aliphatic rings. The van der Waals surface area contributed by atoms with Crippen molar-refractivity contribution in [1.82, 2.24) is 9.36 Å². The molecule has 1 saturated carbocycles. The first-order valence-corrected chi connectivity index (χ1v) is 7.12. The van der Waals surface area contributed by atoms with Crippen LogP contribution in [0.2, 0.25) is 0 Å². The van der Waals surface area contributed by atoms with Crippen LogP contribution in [0.4, 0.5) is 5.13 Å². The Balaban J connectivity index is 1.99. The van der Waals surface area contributed by atoms with Crippen LogP contribution in [0, 0.1) is 5.41 Å². The van der Waals surface area contributed by atoms with E-state index in [0.717, 1.165) is 36.6 Å². The van der Waals surface area contributed by atoms with Gasteiger partial charge >= 0.3 is 5.97 Å². The highest BCUT2D eigenvalue weighted by molar-refractivity contribution is 7.09. The van der Waals surface area contributed by atoms with E-state index in [0.29, 0.717) is 12.5 Å². The maximum absolute atomic E-state index is 11.4. The van der Waals surface area contributed by atoms with Gasteiger partial charge in [-0.3, -0.25) is 4.79 Å². The van der Waals surface area contributed by atoms with E-state index >= 15 is 0 Å². The largest absolute Gasteiger partial charge is 0.481 e. The highest BCUT2D eigenvalue weighted by Gasteiger charge is 2.41. The average Bonchev–Trinajstić information content (AvgIpc) is 2.96. The molecule has 1 aromatic rings. The zero-order chi connectivity index (χ0) is 13.2. The van der Waals surface area contributed by atoms with Gasteiger partial charge in [0, 0.05) is 24.0 Å². The van der Waals surface area contributed by atoms with Crippen LogP contribution >= 0.6 is 11.5 Å². The highest BCUT2D eigenvalue weighted by Crippen LogP contribution is 2.38. The Labute approximate surface area is 111 Å². The van der Waals surface area contributed by atoms with Crippen molar-refractivity contribution >= 4 is 22.6 Å². The molecule has 0 spiro atoms. The zero-order valence-corrected chi connectivity index (χ0v) is 11.6. The summed E-state index contributed by atoms with van der Waals surface area (Å²) in [6, 6.07) is 0. The van der Waals surface area contributed by atoms with E-state index in [1.54, 1.807) is 0 Å². The lowest BCUT2D eigenvalue weighted by atomic mass is 9.86. The summed E-state index contributed by atoms with van der Waals surface area (Å²) in [7, 11) is 0. The van der Waals surface area contributed by atoms with Gasteiger partial charge in [0.15, 0.2) is 0 Å². The molecule has 5 nitrogen and oxygen atoms in total. The summed E-state index contributed by atoms with van der Waals surface area (Å²) in [6.45, 7) is 4.54. The highest BCUT2D eigenvalue weighted by atomic mass is 32.1. The van der Waals surface area contributed by atoms with Crippen molar-refractivity contribution in [3.8, 4) is 0 Å². The smallest absolute Gasteiger partial charge is 0.311 e. The number of anilines is 1. The van der Waals surface area contributed by atoms with Crippen molar-refractivity contribution in [2.24, 2.45) is 5.41 Å². The molecule has 0 aliphatic heterocycles. The molecule has 2 N–H and O–H groups in total. The summed E-state index contributed by atoms with van der Waals surface area (Å²) in [5.41, 5.74) is -0.607. The van der Waals surface area contributed by atoms with Crippen LogP contribution in [0.25, 0.3) is 0 Å². The number of rotatable bonds is 5. The second-order valence-electron chi connectivity index (χ2n) is 5.26. The molecule has 100 valence electrons. The molecule has 6 heteroatoms. The van der Waals surface area contributed by atoms with E-state index in [9.17, 15) is 9.90 Å². The summed E-state index contributed by atoms with van der Waals surface area (Å²) in [5.74, 6) is 0.427. The second kappa shape index (κ2) is 5.22. The number of hydrogen-bond donors (Lipinski definition) is 2. The number of nitrogens with zero attached hydrogens (tertiary/aromatic N) is 2. The Morgan fingerprint density at radius 2 is 2.17 bits per heavy atom. The fourth-order valence-corrected chi connectivity index (χ4v) is 3.01. The minimum Gasteiger partial charge on any atom is -0.481 e. The first-order chi connectivity index (χ1) is 8.53. The number of carboxylic acid groups (broad SMARTS) is 1. The van der Waals surface area contributed by atoms with Crippen LogP contribution in [0.5, 0.6) is 0 Å². The molecule has 1 heterocycles. The molecule has 0 radical (unpaired) electrons. The zero-order valence-electron chi connectivity index (χ0n) is 10.8. The van der Waals surface area contributed by atoms with Crippen molar-refractivity contribution in [3.05, 3.63) is 5.82 Å². The van der Waals surface area contributed by atoms with E-state index in [1.807, 2.05) is 13.8 Å². The van der Waals surface area contributed by atoms with Crippen molar-refractivity contribution in [3.63, 3.8) is 0 Å². The van der Waals surface area contributed by atoms with Gasteiger partial charge in [0.2, 0.25) is 5.13 Å². The molecule has 0 amide bonds. The first kappa shape index (κ1) is 13.3. The number of carboxylic acids is 1. The van der Waals surface area contributed by atoms with Gasteiger partial charge in [-0.15, -0.1) is 0 Å². The number of carbonyl (C=O) groups is 1. The Morgan fingerprint density at radius 1 is 1.50 bits per heavy atom. The average molecular weight is 269 g/mol. The molecule has 0 aromatic carbocycles. The molecule has 0 bridgehead atoms. The second-order valence-corrected chi connectivity index (χ2v) is 6.01. The van der Waals surface area contributed by atoms with Crippen molar-refractivity contribution in [2.75, 3.05) is 11.9 Å². The summed E-state index contributed by atoms with van der Waals surface area (Å²) in [4.78, 5) is 15.8. The van der Waals surface area contributed by atoms with E-state index in [2.05, 4.69) is 14.7 Å².